The van der Waals surface area contributed by atoms with Gasteiger partial charge in [-0.3, -0.25) is 4.79 Å². The lowest BCUT2D eigenvalue weighted by Crippen LogP contribution is -2.29. The molecule has 4 heteroatoms. The molecule has 0 fully saturated rings. The maximum absolute atomic E-state index is 11.6. The summed E-state index contributed by atoms with van der Waals surface area (Å²) in [6.45, 7) is 0.325. The van der Waals surface area contributed by atoms with Gasteiger partial charge in [-0.1, -0.05) is 22.0 Å². The molecule has 0 spiro atoms. The Hall–Kier alpha value is -0.870. The zero-order chi connectivity index (χ0) is 10.1. The van der Waals surface area contributed by atoms with Crippen LogP contribution in [-0.4, -0.2) is 23.7 Å². The number of carbonyl (C=O) groups is 1. The van der Waals surface area contributed by atoms with Crippen molar-refractivity contribution >= 4 is 21.8 Å². The third kappa shape index (κ3) is 1.81. The highest BCUT2D eigenvalue weighted by molar-refractivity contribution is 9.10. The van der Waals surface area contributed by atoms with E-state index in [9.17, 15) is 9.90 Å². The first kappa shape index (κ1) is 9.68. The normalized spacial score (nSPS) is 21.0. The van der Waals surface area contributed by atoms with E-state index in [0.29, 0.717) is 18.5 Å². The molecule has 14 heavy (non-hydrogen) atoms. The Morgan fingerprint density at radius 2 is 2.29 bits per heavy atom. The number of aliphatic hydroxyl groups is 1. The first-order chi connectivity index (χ1) is 6.66. The SMILES string of the molecule is O=C1NCC(O)Cc2ccc(Br)cc21. The summed E-state index contributed by atoms with van der Waals surface area (Å²) in [6, 6.07) is 5.53. The van der Waals surface area contributed by atoms with Gasteiger partial charge in [0, 0.05) is 23.0 Å². The fraction of sp³-hybridized carbons (Fsp3) is 0.300. The standard InChI is InChI=1S/C10H10BrNO2/c11-7-2-1-6-3-8(13)5-12-10(14)9(6)4-7/h1-2,4,8,13H,3,5H2,(H,12,14). The number of aliphatic hydroxyl groups excluding tert-OH is 1. The minimum Gasteiger partial charge on any atom is -0.391 e. The lowest BCUT2D eigenvalue weighted by atomic mass is 10.0. The Morgan fingerprint density at radius 3 is 3.07 bits per heavy atom. The predicted molar refractivity (Wildman–Crippen MR) is 56.2 cm³/mol. The molecule has 0 bridgehead atoms. The third-order valence-electron chi connectivity index (χ3n) is 2.27. The van der Waals surface area contributed by atoms with E-state index in [1.807, 2.05) is 12.1 Å². The van der Waals surface area contributed by atoms with Gasteiger partial charge in [-0.2, -0.15) is 0 Å². The molecule has 0 aliphatic carbocycles. The fourth-order valence-electron chi connectivity index (χ4n) is 1.57. The number of carbonyl (C=O) groups excluding carboxylic acids is 1. The zero-order valence-electron chi connectivity index (χ0n) is 7.46. The molecular formula is C10H10BrNO2. The molecule has 2 rings (SSSR count). The highest BCUT2D eigenvalue weighted by Gasteiger charge is 2.19. The maximum Gasteiger partial charge on any atom is 0.251 e. The molecule has 1 unspecified atom stereocenters. The van der Waals surface area contributed by atoms with Gasteiger partial charge in [0.1, 0.15) is 0 Å². The van der Waals surface area contributed by atoms with Crippen LogP contribution in [0.1, 0.15) is 15.9 Å². The molecule has 0 saturated heterocycles. The molecule has 1 atom stereocenters. The van der Waals surface area contributed by atoms with E-state index in [1.165, 1.54) is 0 Å². The van der Waals surface area contributed by atoms with Gasteiger partial charge in [0.05, 0.1) is 6.10 Å². The summed E-state index contributed by atoms with van der Waals surface area (Å²) in [5.74, 6) is -0.113. The van der Waals surface area contributed by atoms with Gasteiger partial charge in [-0.25, -0.2) is 0 Å². The minimum atomic E-state index is -0.485. The van der Waals surface area contributed by atoms with Crippen LogP contribution in [0.15, 0.2) is 22.7 Å². The van der Waals surface area contributed by atoms with Crippen LogP contribution >= 0.6 is 15.9 Å². The van der Waals surface area contributed by atoms with Crippen molar-refractivity contribution in [1.29, 1.82) is 0 Å². The van der Waals surface area contributed by atoms with E-state index in [1.54, 1.807) is 6.07 Å². The topological polar surface area (TPSA) is 49.3 Å². The lowest BCUT2D eigenvalue weighted by molar-refractivity contribution is 0.0931. The van der Waals surface area contributed by atoms with Crippen molar-refractivity contribution in [2.75, 3.05) is 6.54 Å². The Labute approximate surface area is 90.3 Å². The zero-order valence-corrected chi connectivity index (χ0v) is 9.04. The Kier molecular flexibility index (Phi) is 2.56. The summed E-state index contributed by atoms with van der Waals surface area (Å²) in [7, 11) is 0. The van der Waals surface area contributed by atoms with Crippen LogP contribution in [0.4, 0.5) is 0 Å². The van der Waals surface area contributed by atoms with Gasteiger partial charge in [0.2, 0.25) is 0 Å². The van der Waals surface area contributed by atoms with Crippen molar-refractivity contribution in [2.24, 2.45) is 0 Å². The quantitative estimate of drug-likeness (QED) is 0.730. The van der Waals surface area contributed by atoms with Gasteiger partial charge in [0.25, 0.3) is 5.91 Å². The lowest BCUT2D eigenvalue weighted by Gasteiger charge is -2.05. The van der Waals surface area contributed by atoms with Gasteiger partial charge in [-0.05, 0) is 17.7 Å². The van der Waals surface area contributed by atoms with Crippen molar-refractivity contribution in [2.45, 2.75) is 12.5 Å². The second-order valence-electron chi connectivity index (χ2n) is 3.37. The molecule has 2 N–H and O–H groups in total. The first-order valence-corrected chi connectivity index (χ1v) is 5.21. The Bertz CT molecular complexity index is 378. The van der Waals surface area contributed by atoms with E-state index in [2.05, 4.69) is 21.2 Å². The van der Waals surface area contributed by atoms with Crippen LogP contribution in [-0.2, 0) is 6.42 Å². The van der Waals surface area contributed by atoms with Crippen molar-refractivity contribution < 1.29 is 9.90 Å². The maximum atomic E-state index is 11.6. The number of benzene rings is 1. The molecule has 1 aromatic rings. The number of hydrogen-bond donors (Lipinski definition) is 2. The van der Waals surface area contributed by atoms with Gasteiger partial charge in [0.15, 0.2) is 0 Å². The van der Waals surface area contributed by atoms with Crippen molar-refractivity contribution in [3.05, 3.63) is 33.8 Å². The van der Waals surface area contributed by atoms with Crippen LogP contribution in [0.2, 0.25) is 0 Å². The minimum absolute atomic E-state index is 0.113. The van der Waals surface area contributed by atoms with Crippen LogP contribution in [0.3, 0.4) is 0 Å². The molecule has 1 heterocycles. The van der Waals surface area contributed by atoms with E-state index < -0.39 is 6.10 Å². The van der Waals surface area contributed by atoms with Crippen LogP contribution in [0.5, 0.6) is 0 Å². The number of rotatable bonds is 0. The molecule has 74 valence electrons. The number of amides is 1. The Balaban J connectivity index is 2.47. The molecule has 1 amide bonds. The number of β-amino-alcohol motifs (C(OH)–C–C–N with tert-alkyl or cyclic N) is 1. The summed E-state index contributed by atoms with van der Waals surface area (Å²) in [6.07, 6.45) is 0.0443. The second-order valence-corrected chi connectivity index (χ2v) is 4.29. The van der Waals surface area contributed by atoms with Gasteiger partial charge >= 0.3 is 0 Å². The molecular weight excluding hydrogens is 246 g/mol. The highest BCUT2D eigenvalue weighted by atomic mass is 79.9. The third-order valence-corrected chi connectivity index (χ3v) is 2.76. The molecule has 0 radical (unpaired) electrons. The molecule has 1 aliphatic heterocycles. The summed E-state index contributed by atoms with van der Waals surface area (Å²) in [5.41, 5.74) is 1.55. The second kappa shape index (κ2) is 3.71. The van der Waals surface area contributed by atoms with Crippen molar-refractivity contribution in [1.82, 2.24) is 5.32 Å². The van der Waals surface area contributed by atoms with E-state index in [4.69, 9.17) is 0 Å². The van der Waals surface area contributed by atoms with E-state index >= 15 is 0 Å². The Morgan fingerprint density at radius 1 is 1.50 bits per heavy atom. The predicted octanol–water partition coefficient (Wildman–Crippen LogP) is 1.10. The average molecular weight is 256 g/mol. The van der Waals surface area contributed by atoms with Crippen LogP contribution in [0.25, 0.3) is 0 Å². The fourth-order valence-corrected chi connectivity index (χ4v) is 1.93. The molecule has 0 saturated carbocycles. The smallest absolute Gasteiger partial charge is 0.251 e. The average Bonchev–Trinajstić information content (AvgIpc) is 2.29. The van der Waals surface area contributed by atoms with Crippen LogP contribution in [0, 0.1) is 0 Å². The van der Waals surface area contributed by atoms with E-state index in [0.717, 1.165) is 10.0 Å². The number of fused-ring (bicyclic) bond motifs is 1. The molecule has 3 nitrogen and oxygen atoms in total. The van der Waals surface area contributed by atoms with Crippen molar-refractivity contribution in [3.8, 4) is 0 Å². The number of nitrogens with one attached hydrogen (secondary N) is 1. The van der Waals surface area contributed by atoms with Gasteiger partial charge < -0.3 is 10.4 Å². The molecule has 0 aromatic heterocycles. The highest BCUT2D eigenvalue weighted by Crippen LogP contribution is 2.19. The summed E-state index contributed by atoms with van der Waals surface area (Å²) >= 11 is 3.32. The number of hydrogen-bond acceptors (Lipinski definition) is 2. The van der Waals surface area contributed by atoms with Crippen molar-refractivity contribution in [3.63, 3.8) is 0 Å². The summed E-state index contributed by atoms with van der Waals surface area (Å²) in [4.78, 5) is 11.6. The first-order valence-electron chi connectivity index (χ1n) is 4.41. The van der Waals surface area contributed by atoms with E-state index in [-0.39, 0.29) is 5.91 Å². The van der Waals surface area contributed by atoms with Gasteiger partial charge in [-0.15, -0.1) is 0 Å². The molecule has 1 aliphatic rings. The number of halogens is 1. The largest absolute Gasteiger partial charge is 0.391 e. The monoisotopic (exact) mass is 255 g/mol. The summed E-state index contributed by atoms with van der Waals surface area (Å²) < 4.78 is 0.878. The van der Waals surface area contributed by atoms with Crippen LogP contribution < -0.4 is 5.32 Å². The summed E-state index contributed by atoms with van der Waals surface area (Å²) in [5, 5.41) is 12.2. The molecule has 1 aromatic carbocycles.